The van der Waals surface area contributed by atoms with Crippen LogP contribution >= 0.6 is 0 Å². The van der Waals surface area contributed by atoms with Crippen LogP contribution in [0.25, 0.3) is 0 Å². The number of nitrogens with one attached hydrogen (secondary N) is 3. The van der Waals surface area contributed by atoms with Gasteiger partial charge in [0.05, 0.1) is 11.7 Å². The number of rotatable bonds is 7. The van der Waals surface area contributed by atoms with Crippen LogP contribution in [-0.2, 0) is 6.54 Å². The molecule has 2 unspecified atom stereocenters. The maximum Gasteiger partial charge on any atom is 0.0596 e. The molecule has 0 bridgehead atoms. The first-order valence-corrected chi connectivity index (χ1v) is 8.34. The van der Waals surface area contributed by atoms with Crippen molar-refractivity contribution in [2.24, 2.45) is 5.92 Å². The minimum atomic E-state index is 0.326. The van der Waals surface area contributed by atoms with E-state index in [2.05, 4.69) is 50.0 Å². The molecule has 0 spiro atoms. The van der Waals surface area contributed by atoms with Crippen molar-refractivity contribution in [3.8, 4) is 0 Å². The number of aryl methyl sites for hydroxylation is 3. The Hall–Kier alpha value is -1.76. The molecule has 0 saturated carbocycles. The van der Waals surface area contributed by atoms with Crippen molar-refractivity contribution in [2.75, 3.05) is 19.6 Å². The number of hydrogen-bond donors (Lipinski definition) is 3. The fraction of sp³-hybridized carbons (Fsp3) is 0.529. The molecule has 2 atom stereocenters. The third kappa shape index (κ3) is 4.16. The van der Waals surface area contributed by atoms with Crippen molar-refractivity contribution in [3.05, 3.63) is 47.5 Å². The summed E-state index contributed by atoms with van der Waals surface area (Å²) in [6.45, 7) is 8.11. The highest BCUT2D eigenvalue weighted by molar-refractivity contribution is 5.16. The molecule has 1 fully saturated rings. The van der Waals surface area contributed by atoms with E-state index in [0.29, 0.717) is 12.0 Å². The molecule has 6 heteroatoms. The zero-order valence-corrected chi connectivity index (χ0v) is 13.9. The predicted molar refractivity (Wildman–Crippen MR) is 90.8 cm³/mol. The zero-order valence-electron chi connectivity index (χ0n) is 13.9. The van der Waals surface area contributed by atoms with Crippen molar-refractivity contribution in [3.63, 3.8) is 0 Å². The Bertz CT molecular complexity index is 609. The van der Waals surface area contributed by atoms with Gasteiger partial charge >= 0.3 is 0 Å². The van der Waals surface area contributed by atoms with Crippen LogP contribution in [0.3, 0.4) is 0 Å². The monoisotopic (exact) mass is 314 g/mol. The molecule has 0 amide bonds. The second-order valence-corrected chi connectivity index (χ2v) is 6.26. The second-order valence-electron chi connectivity index (χ2n) is 6.26. The molecule has 0 aliphatic carbocycles. The first kappa shape index (κ1) is 16.1. The van der Waals surface area contributed by atoms with Gasteiger partial charge in [-0.2, -0.15) is 5.10 Å². The summed E-state index contributed by atoms with van der Waals surface area (Å²) in [5, 5.41) is 8.08. The van der Waals surface area contributed by atoms with Crippen LogP contribution in [0.5, 0.6) is 0 Å². The molecule has 1 aliphatic heterocycles. The van der Waals surface area contributed by atoms with E-state index in [4.69, 9.17) is 0 Å². The predicted octanol–water partition coefficient (Wildman–Crippen LogP) is 1.34. The molecule has 3 heterocycles. The van der Waals surface area contributed by atoms with Gasteiger partial charge in [0.1, 0.15) is 0 Å². The number of nitrogens with zero attached hydrogens (tertiary/aromatic N) is 3. The fourth-order valence-electron chi connectivity index (χ4n) is 3.18. The number of hydrazine groups is 1. The van der Waals surface area contributed by atoms with Crippen LogP contribution in [0.1, 0.15) is 29.4 Å². The molecule has 0 aromatic carbocycles. The Morgan fingerprint density at radius 2 is 2.30 bits per heavy atom. The Labute approximate surface area is 137 Å². The number of hydrogen-bond acceptors (Lipinski definition) is 5. The summed E-state index contributed by atoms with van der Waals surface area (Å²) in [5.74, 6) is 0.535. The molecule has 0 radical (unpaired) electrons. The smallest absolute Gasteiger partial charge is 0.0596 e. The van der Waals surface area contributed by atoms with E-state index in [0.717, 1.165) is 38.3 Å². The third-order valence-corrected chi connectivity index (χ3v) is 4.37. The summed E-state index contributed by atoms with van der Waals surface area (Å²) < 4.78 is 2.09. The summed E-state index contributed by atoms with van der Waals surface area (Å²) in [6, 6.07) is 6.58. The summed E-state index contributed by atoms with van der Waals surface area (Å²) in [5.41, 5.74) is 10.2. The molecule has 3 N–H and O–H groups in total. The lowest BCUT2D eigenvalue weighted by Crippen LogP contribution is -2.29. The summed E-state index contributed by atoms with van der Waals surface area (Å²) in [7, 11) is 0. The topological polar surface area (TPSA) is 66.8 Å². The van der Waals surface area contributed by atoms with Crippen molar-refractivity contribution < 1.29 is 0 Å². The van der Waals surface area contributed by atoms with E-state index < -0.39 is 0 Å². The fourth-order valence-corrected chi connectivity index (χ4v) is 3.18. The Balaban J connectivity index is 1.41. The van der Waals surface area contributed by atoms with E-state index >= 15 is 0 Å². The van der Waals surface area contributed by atoms with Gasteiger partial charge in [-0.05, 0) is 44.5 Å². The molecule has 124 valence electrons. The highest BCUT2D eigenvalue weighted by Crippen LogP contribution is 2.23. The molecule has 2 aromatic heterocycles. The van der Waals surface area contributed by atoms with E-state index in [1.54, 1.807) is 0 Å². The van der Waals surface area contributed by atoms with Crippen LogP contribution in [0.2, 0.25) is 0 Å². The summed E-state index contributed by atoms with van der Waals surface area (Å²) in [6.07, 6.45) is 4.85. The van der Waals surface area contributed by atoms with Crippen LogP contribution in [0, 0.1) is 19.8 Å². The standard InChI is InChI=1S/C17H26N6/c1-13-9-14(2)23(22-13)8-4-7-19-11-16-12-20-21-17(16)15-5-3-6-18-10-15/h3,5-6,9-10,16-17,19-21H,4,7-8,11-12H2,1-2H3. The number of pyridine rings is 1. The Kier molecular flexibility index (Phi) is 5.38. The van der Waals surface area contributed by atoms with Gasteiger partial charge in [-0.25, -0.2) is 5.43 Å². The third-order valence-electron chi connectivity index (χ3n) is 4.37. The van der Waals surface area contributed by atoms with Gasteiger partial charge in [0.2, 0.25) is 0 Å². The van der Waals surface area contributed by atoms with Crippen LogP contribution in [-0.4, -0.2) is 34.4 Å². The van der Waals surface area contributed by atoms with Crippen LogP contribution in [0.4, 0.5) is 0 Å². The second kappa shape index (κ2) is 7.68. The van der Waals surface area contributed by atoms with Crippen molar-refractivity contribution in [1.82, 2.24) is 30.9 Å². The van der Waals surface area contributed by atoms with Gasteiger partial charge in [-0.1, -0.05) is 6.07 Å². The maximum atomic E-state index is 4.50. The van der Waals surface area contributed by atoms with Crippen molar-refractivity contribution in [2.45, 2.75) is 32.9 Å². The van der Waals surface area contributed by atoms with E-state index in [9.17, 15) is 0 Å². The van der Waals surface area contributed by atoms with Crippen LogP contribution < -0.4 is 16.2 Å². The molecular formula is C17H26N6. The molecule has 2 aromatic rings. The Morgan fingerprint density at radius 3 is 3.04 bits per heavy atom. The van der Waals surface area contributed by atoms with E-state index in [-0.39, 0.29) is 0 Å². The van der Waals surface area contributed by atoms with Gasteiger partial charge in [-0.15, -0.1) is 0 Å². The van der Waals surface area contributed by atoms with Gasteiger partial charge < -0.3 is 5.32 Å². The van der Waals surface area contributed by atoms with Gasteiger partial charge in [0.15, 0.2) is 0 Å². The SMILES string of the molecule is Cc1cc(C)n(CCCNCC2CNNC2c2cccnc2)n1. The molecular weight excluding hydrogens is 288 g/mol. The van der Waals surface area contributed by atoms with Gasteiger partial charge in [-0.3, -0.25) is 15.1 Å². The van der Waals surface area contributed by atoms with Crippen molar-refractivity contribution in [1.29, 1.82) is 0 Å². The lowest BCUT2D eigenvalue weighted by Gasteiger charge is -2.19. The molecule has 1 aliphatic rings. The first-order valence-electron chi connectivity index (χ1n) is 8.34. The van der Waals surface area contributed by atoms with E-state index in [1.807, 2.05) is 25.4 Å². The molecule has 3 rings (SSSR count). The minimum Gasteiger partial charge on any atom is -0.316 e. The summed E-state index contributed by atoms with van der Waals surface area (Å²) in [4.78, 5) is 4.22. The lowest BCUT2D eigenvalue weighted by atomic mass is 9.96. The number of aromatic nitrogens is 3. The minimum absolute atomic E-state index is 0.326. The first-order chi connectivity index (χ1) is 11.2. The van der Waals surface area contributed by atoms with E-state index in [1.165, 1.54) is 11.3 Å². The molecule has 6 nitrogen and oxygen atoms in total. The average Bonchev–Trinajstić information content (AvgIpc) is 3.14. The quantitative estimate of drug-likeness (QED) is 0.673. The van der Waals surface area contributed by atoms with Gasteiger partial charge in [0.25, 0.3) is 0 Å². The normalized spacial score (nSPS) is 21.0. The Morgan fingerprint density at radius 1 is 1.39 bits per heavy atom. The zero-order chi connectivity index (χ0) is 16.1. The lowest BCUT2D eigenvalue weighted by molar-refractivity contribution is 0.431. The largest absolute Gasteiger partial charge is 0.316 e. The van der Waals surface area contributed by atoms with Crippen molar-refractivity contribution >= 4 is 0 Å². The molecule has 23 heavy (non-hydrogen) atoms. The average molecular weight is 314 g/mol. The highest BCUT2D eigenvalue weighted by atomic mass is 15.4. The highest BCUT2D eigenvalue weighted by Gasteiger charge is 2.27. The van der Waals surface area contributed by atoms with Gasteiger partial charge in [0, 0.05) is 43.6 Å². The maximum absolute atomic E-state index is 4.50. The summed E-state index contributed by atoms with van der Waals surface area (Å²) >= 11 is 0. The molecule has 1 saturated heterocycles. The van der Waals surface area contributed by atoms with Crippen LogP contribution in [0.15, 0.2) is 30.6 Å².